The third-order valence-electron chi connectivity index (χ3n) is 4.03. The Morgan fingerprint density at radius 2 is 1.81 bits per heavy atom. The normalized spacial score (nSPS) is 12.0. The molecule has 7 heteroatoms. The quantitative estimate of drug-likeness (QED) is 0.722. The topological polar surface area (TPSA) is 80.0 Å². The summed E-state index contributed by atoms with van der Waals surface area (Å²) in [7, 11) is 0. The summed E-state index contributed by atoms with van der Waals surface area (Å²) in [5.41, 5.74) is 3.08. The minimum atomic E-state index is -0.394. The molecule has 0 radical (unpaired) electrons. The zero-order valence-electron chi connectivity index (χ0n) is 14.5. The van der Waals surface area contributed by atoms with Gasteiger partial charge in [-0.1, -0.05) is 41.4 Å². The number of hydrogen-bond acceptors (Lipinski definition) is 4. The SMILES string of the molecule is Cc1ccc(-n2nc(CO)c(C(=O)NC(C)c3ccc(Cl)cc3)n2)cc1. The van der Waals surface area contributed by atoms with Crippen LogP contribution in [0.3, 0.4) is 0 Å². The van der Waals surface area contributed by atoms with Gasteiger partial charge in [-0.05, 0) is 43.7 Å². The molecule has 0 saturated heterocycles. The Kier molecular flexibility index (Phi) is 5.35. The molecule has 3 rings (SSSR count). The Hall–Kier alpha value is -2.70. The van der Waals surface area contributed by atoms with Gasteiger partial charge in [0.2, 0.25) is 0 Å². The fourth-order valence-corrected chi connectivity index (χ4v) is 2.64. The first kappa shape index (κ1) is 18.1. The highest BCUT2D eigenvalue weighted by Crippen LogP contribution is 2.17. The maximum atomic E-state index is 12.6. The first-order chi connectivity index (χ1) is 12.5. The van der Waals surface area contributed by atoms with Gasteiger partial charge in [0.1, 0.15) is 5.69 Å². The van der Waals surface area contributed by atoms with Gasteiger partial charge in [-0.2, -0.15) is 4.80 Å². The molecule has 0 fully saturated rings. The van der Waals surface area contributed by atoms with Gasteiger partial charge in [-0.15, -0.1) is 10.2 Å². The molecule has 1 unspecified atom stereocenters. The summed E-state index contributed by atoms with van der Waals surface area (Å²) in [5.74, 6) is -0.394. The molecular weight excluding hydrogens is 352 g/mol. The number of carbonyl (C=O) groups is 1. The summed E-state index contributed by atoms with van der Waals surface area (Å²) < 4.78 is 0. The first-order valence-electron chi connectivity index (χ1n) is 8.18. The van der Waals surface area contributed by atoms with E-state index in [-0.39, 0.29) is 24.0 Å². The minimum Gasteiger partial charge on any atom is -0.390 e. The molecule has 0 spiro atoms. The van der Waals surface area contributed by atoms with Crippen LogP contribution in [-0.4, -0.2) is 26.0 Å². The maximum Gasteiger partial charge on any atom is 0.274 e. The Balaban J connectivity index is 1.82. The van der Waals surface area contributed by atoms with Crippen LogP contribution in [0.25, 0.3) is 5.69 Å². The van der Waals surface area contributed by atoms with Gasteiger partial charge in [0.15, 0.2) is 5.69 Å². The van der Waals surface area contributed by atoms with Crippen molar-refractivity contribution in [2.24, 2.45) is 0 Å². The first-order valence-corrected chi connectivity index (χ1v) is 8.56. The van der Waals surface area contributed by atoms with Gasteiger partial charge in [0.05, 0.1) is 18.3 Å². The van der Waals surface area contributed by atoms with Crippen molar-refractivity contribution in [3.63, 3.8) is 0 Å². The summed E-state index contributed by atoms with van der Waals surface area (Å²) in [4.78, 5) is 14.0. The van der Waals surface area contributed by atoms with E-state index in [1.807, 2.05) is 50.2 Å². The Morgan fingerprint density at radius 3 is 2.42 bits per heavy atom. The second-order valence-electron chi connectivity index (χ2n) is 6.03. The molecule has 0 saturated carbocycles. The Morgan fingerprint density at radius 1 is 1.15 bits per heavy atom. The van der Waals surface area contributed by atoms with Crippen LogP contribution < -0.4 is 5.32 Å². The number of nitrogens with one attached hydrogen (secondary N) is 1. The average molecular weight is 371 g/mol. The van der Waals surface area contributed by atoms with Crippen LogP contribution in [-0.2, 0) is 6.61 Å². The van der Waals surface area contributed by atoms with E-state index in [0.29, 0.717) is 5.02 Å². The monoisotopic (exact) mass is 370 g/mol. The van der Waals surface area contributed by atoms with Crippen molar-refractivity contribution in [2.45, 2.75) is 26.5 Å². The lowest BCUT2D eigenvalue weighted by Crippen LogP contribution is -2.28. The van der Waals surface area contributed by atoms with Gasteiger partial charge < -0.3 is 10.4 Å². The summed E-state index contributed by atoms with van der Waals surface area (Å²) in [6.07, 6.45) is 0. The molecule has 2 N–H and O–H groups in total. The molecular formula is C19H19ClN4O2. The van der Waals surface area contributed by atoms with E-state index < -0.39 is 5.91 Å². The molecule has 0 aliphatic rings. The third-order valence-corrected chi connectivity index (χ3v) is 4.28. The summed E-state index contributed by atoms with van der Waals surface area (Å²) in [6.45, 7) is 3.48. The number of benzene rings is 2. The molecule has 0 aliphatic carbocycles. The van der Waals surface area contributed by atoms with Gasteiger partial charge in [0.25, 0.3) is 5.91 Å². The second kappa shape index (κ2) is 7.68. The van der Waals surface area contributed by atoms with Crippen molar-refractivity contribution in [1.29, 1.82) is 0 Å². The van der Waals surface area contributed by atoms with E-state index >= 15 is 0 Å². The van der Waals surface area contributed by atoms with Crippen LogP contribution in [0.5, 0.6) is 0 Å². The fraction of sp³-hybridized carbons (Fsp3) is 0.211. The molecule has 26 heavy (non-hydrogen) atoms. The number of halogens is 1. The van der Waals surface area contributed by atoms with Crippen molar-refractivity contribution in [3.8, 4) is 5.69 Å². The van der Waals surface area contributed by atoms with E-state index in [0.717, 1.165) is 16.8 Å². The van der Waals surface area contributed by atoms with E-state index in [1.165, 1.54) is 4.80 Å². The largest absolute Gasteiger partial charge is 0.390 e. The Labute approximate surface area is 156 Å². The van der Waals surface area contributed by atoms with Crippen molar-refractivity contribution in [2.75, 3.05) is 0 Å². The molecule has 1 amide bonds. The lowest BCUT2D eigenvalue weighted by atomic mass is 10.1. The minimum absolute atomic E-state index is 0.105. The van der Waals surface area contributed by atoms with Gasteiger partial charge in [0, 0.05) is 5.02 Å². The number of nitrogens with zero attached hydrogens (tertiary/aromatic N) is 3. The lowest BCUT2D eigenvalue weighted by Gasteiger charge is -2.13. The van der Waals surface area contributed by atoms with Crippen LogP contribution in [0.1, 0.15) is 40.3 Å². The maximum absolute atomic E-state index is 12.6. The number of rotatable bonds is 5. The molecule has 0 aliphatic heterocycles. The molecule has 3 aromatic rings. The summed E-state index contributed by atoms with van der Waals surface area (Å²) in [5, 5.41) is 21.5. The van der Waals surface area contributed by atoms with E-state index in [1.54, 1.807) is 12.1 Å². The van der Waals surface area contributed by atoms with Crippen molar-refractivity contribution >= 4 is 17.5 Å². The summed E-state index contributed by atoms with van der Waals surface area (Å²) in [6, 6.07) is 14.6. The predicted octanol–water partition coefficient (Wildman–Crippen LogP) is 3.21. The fourth-order valence-electron chi connectivity index (χ4n) is 2.51. The van der Waals surface area contributed by atoms with Crippen LogP contribution in [0.15, 0.2) is 48.5 Å². The van der Waals surface area contributed by atoms with Gasteiger partial charge in [-0.25, -0.2) is 0 Å². The molecule has 6 nitrogen and oxygen atoms in total. The average Bonchev–Trinajstić information content (AvgIpc) is 3.07. The highest BCUT2D eigenvalue weighted by atomic mass is 35.5. The van der Waals surface area contributed by atoms with Gasteiger partial charge in [-0.3, -0.25) is 4.79 Å². The van der Waals surface area contributed by atoms with Gasteiger partial charge >= 0.3 is 0 Å². The molecule has 134 valence electrons. The van der Waals surface area contributed by atoms with Crippen LogP contribution in [0.2, 0.25) is 5.02 Å². The van der Waals surface area contributed by atoms with Crippen LogP contribution in [0.4, 0.5) is 0 Å². The smallest absolute Gasteiger partial charge is 0.274 e. The number of aliphatic hydroxyl groups excluding tert-OH is 1. The van der Waals surface area contributed by atoms with Crippen molar-refractivity contribution in [3.05, 3.63) is 76.1 Å². The number of amides is 1. The zero-order chi connectivity index (χ0) is 18.7. The van der Waals surface area contributed by atoms with E-state index in [9.17, 15) is 9.90 Å². The standard InChI is InChI=1S/C19H19ClN4O2/c1-12-3-9-16(10-4-12)24-22-17(11-25)18(23-24)19(26)21-13(2)14-5-7-15(20)8-6-14/h3-10,13,25H,11H2,1-2H3,(H,21,26). The molecule has 1 atom stereocenters. The number of hydrogen-bond donors (Lipinski definition) is 2. The molecule has 0 bridgehead atoms. The zero-order valence-corrected chi connectivity index (χ0v) is 15.2. The number of carbonyl (C=O) groups excluding carboxylic acids is 1. The highest BCUT2D eigenvalue weighted by Gasteiger charge is 2.20. The molecule has 1 heterocycles. The molecule has 2 aromatic carbocycles. The van der Waals surface area contributed by atoms with E-state index in [4.69, 9.17) is 11.6 Å². The van der Waals surface area contributed by atoms with Crippen molar-refractivity contribution in [1.82, 2.24) is 20.3 Å². The lowest BCUT2D eigenvalue weighted by molar-refractivity contribution is 0.0931. The number of aryl methyl sites for hydroxylation is 1. The number of aliphatic hydroxyl groups is 1. The second-order valence-corrected chi connectivity index (χ2v) is 6.46. The highest BCUT2D eigenvalue weighted by molar-refractivity contribution is 6.30. The third kappa shape index (κ3) is 3.92. The number of aromatic nitrogens is 3. The summed E-state index contributed by atoms with van der Waals surface area (Å²) >= 11 is 5.89. The van der Waals surface area contributed by atoms with Crippen LogP contribution >= 0.6 is 11.6 Å². The molecule has 1 aromatic heterocycles. The predicted molar refractivity (Wildman–Crippen MR) is 99.4 cm³/mol. The van der Waals surface area contributed by atoms with Crippen molar-refractivity contribution < 1.29 is 9.90 Å². The Bertz CT molecular complexity index is 904. The van der Waals surface area contributed by atoms with Crippen LogP contribution in [0, 0.1) is 6.92 Å². The van der Waals surface area contributed by atoms with E-state index in [2.05, 4.69) is 15.5 Å².